The van der Waals surface area contributed by atoms with Gasteiger partial charge in [-0.05, 0) is 25.3 Å². The second-order valence-corrected chi connectivity index (χ2v) is 3.62. The largest absolute Gasteiger partial charge is 0.384 e. The van der Waals surface area contributed by atoms with Crippen LogP contribution >= 0.6 is 0 Å². The lowest BCUT2D eigenvalue weighted by Crippen LogP contribution is -2.20. The predicted octanol–water partition coefficient (Wildman–Crippen LogP) is 2.83. The first-order chi connectivity index (χ1) is 7.62. The highest BCUT2D eigenvalue weighted by Crippen LogP contribution is 2.16. The van der Waals surface area contributed by atoms with Gasteiger partial charge in [-0.2, -0.15) is 0 Å². The van der Waals surface area contributed by atoms with Crippen molar-refractivity contribution in [3.8, 4) is 0 Å². The Bertz CT molecular complexity index is 303. The van der Waals surface area contributed by atoms with Crippen LogP contribution < -0.4 is 5.32 Å². The normalized spacial score (nSPS) is 11.7. The molecule has 0 rings (SSSR count). The molecule has 0 spiro atoms. The molecule has 0 amide bonds. The minimum atomic E-state index is 0.364. The molecule has 3 nitrogen and oxygen atoms in total. The van der Waals surface area contributed by atoms with Crippen LogP contribution in [0.2, 0.25) is 0 Å². The molecule has 0 saturated heterocycles. The van der Waals surface area contributed by atoms with E-state index < -0.39 is 0 Å². The summed E-state index contributed by atoms with van der Waals surface area (Å²) >= 11 is 0. The zero-order valence-electron chi connectivity index (χ0n) is 10.5. The molecule has 16 heavy (non-hydrogen) atoms. The number of likely N-dealkylation sites (N-methyl/N-ethyl adjacent to an activating group) is 1. The second-order valence-electron chi connectivity index (χ2n) is 3.62. The topological polar surface area (TPSA) is 53.0 Å². The lowest BCUT2D eigenvalue weighted by molar-refractivity contribution is -0.104. The van der Waals surface area contributed by atoms with Crippen LogP contribution in [-0.4, -0.2) is 18.5 Å². The van der Waals surface area contributed by atoms with Gasteiger partial charge in [-0.15, -0.1) is 0 Å². The fourth-order valence-corrected chi connectivity index (χ4v) is 1.49. The lowest BCUT2D eigenvalue weighted by Gasteiger charge is -2.15. The van der Waals surface area contributed by atoms with Gasteiger partial charge in [-0.1, -0.05) is 26.8 Å². The summed E-state index contributed by atoms with van der Waals surface area (Å²) < 4.78 is 0. The van der Waals surface area contributed by atoms with Gasteiger partial charge >= 0.3 is 0 Å². The maximum absolute atomic E-state index is 11.1. The molecule has 0 heterocycles. The standard InChI is InChI=1S/C13H22N2O/c1-5-8-10(4)13(15-7-3)11(9-16)12(14)6-2/h9,14-15H,4-8H2,1-3H3/b13-11-,14-12?. The Labute approximate surface area is 98.1 Å². The third-order valence-corrected chi connectivity index (χ3v) is 2.32. The lowest BCUT2D eigenvalue weighted by atomic mass is 10.0. The zero-order valence-corrected chi connectivity index (χ0v) is 10.5. The van der Waals surface area contributed by atoms with E-state index in [0.717, 1.165) is 36.9 Å². The summed E-state index contributed by atoms with van der Waals surface area (Å²) in [5.41, 5.74) is 2.46. The van der Waals surface area contributed by atoms with Crippen LogP contribution in [0.25, 0.3) is 0 Å². The van der Waals surface area contributed by atoms with Gasteiger partial charge in [0.2, 0.25) is 0 Å². The Balaban J connectivity index is 5.22. The number of rotatable bonds is 8. The van der Waals surface area contributed by atoms with Crippen molar-refractivity contribution >= 4 is 12.0 Å². The van der Waals surface area contributed by atoms with Gasteiger partial charge < -0.3 is 10.7 Å². The van der Waals surface area contributed by atoms with Crippen molar-refractivity contribution < 1.29 is 4.79 Å². The molecule has 0 aliphatic heterocycles. The number of carbonyl (C=O) groups excluding carboxylic acids is 1. The Kier molecular flexibility index (Phi) is 7.18. The summed E-state index contributed by atoms with van der Waals surface area (Å²) in [7, 11) is 0. The zero-order chi connectivity index (χ0) is 12.6. The molecule has 0 aromatic carbocycles. The summed E-state index contributed by atoms with van der Waals surface area (Å²) in [6.07, 6.45) is 3.14. The van der Waals surface area contributed by atoms with E-state index in [4.69, 9.17) is 5.41 Å². The molecule has 0 aromatic rings. The van der Waals surface area contributed by atoms with Crippen LogP contribution in [0.1, 0.15) is 40.0 Å². The van der Waals surface area contributed by atoms with Crippen molar-refractivity contribution in [2.24, 2.45) is 0 Å². The molecule has 3 heteroatoms. The van der Waals surface area contributed by atoms with Crippen LogP contribution in [0.15, 0.2) is 23.4 Å². The van der Waals surface area contributed by atoms with Crippen LogP contribution in [0.4, 0.5) is 0 Å². The Morgan fingerprint density at radius 1 is 1.38 bits per heavy atom. The Hall–Kier alpha value is -1.38. The number of allylic oxidation sites excluding steroid dienone is 2. The van der Waals surface area contributed by atoms with Gasteiger partial charge in [0.05, 0.1) is 5.57 Å². The van der Waals surface area contributed by atoms with Crippen molar-refractivity contribution in [1.82, 2.24) is 5.32 Å². The maximum Gasteiger partial charge on any atom is 0.153 e. The molecule has 2 N–H and O–H groups in total. The Morgan fingerprint density at radius 2 is 2.00 bits per heavy atom. The van der Waals surface area contributed by atoms with Gasteiger partial charge in [0, 0.05) is 18.0 Å². The second kappa shape index (κ2) is 7.85. The highest BCUT2D eigenvalue weighted by Gasteiger charge is 2.12. The molecular formula is C13H22N2O. The molecule has 0 aliphatic carbocycles. The first-order valence-corrected chi connectivity index (χ1v) is 5.81. The molecule has 0 saturated carbocycles. The molecule has 0 atom stereocenters. The SMILES string of the molecule is C=C(CCC)/C(NCC)=C(\C=O)C(=N)CC. The third-order valence-electron chi connectivity index (χ3n) is 2.32. The number of nitrogens with one attached hydrogen (secondary N) is 2. The fraction of sp³-hybridized carbons (Fsp3) is 0.538. The molecule has 0 unspecified atom stereocenters. The number of aldehydes is 1. The first kappa shape index (κ1) is 14.6. The number of carbonyl (C=O) groups is 1. The predicted molar refractivity (Wildman–Crippen MR) is 68.8 cm³/mol. The van der Waals surface area contributed by atoms with Gasteiger partial charge in [0.25, 0.3) is 0 Å². The van der Waals surface area contributed by atoms with E-state index in [2.05, 4.69) is 18.8 Å². The van der Waals surface area contributed by atoms with Crippen LogP contribution in [0.3, 0.4) is 0 Å². The molecule has 0 fully saturated rings. The fourth-order valence-electron chi connectivity index (χ4n) is 1.49. The molecule has 0 bridgehead atoms. The van der Waals surface area contributed by atoms with Crippen molar-refractivity contribution in [3.63, 3.8) is 0 Å². The molecule has 0 aromatic heterocycles. The van der Waals surface area contributed by atoms with E-state index >= 15 is 0 Å². The summed E-state index contributed by atoms with van der Waals surface area (Å²) in [4.78, 5) is 11.1. The summed E-state index contributed by atoms with van der Waals surface area (Å²) in [5.74, 6) is 0. The Morgan fingerprint density at radius 3 is 2.38 bits per heavy atom. The summed E-state index contributed by atoms with van der Waals surface area (Å²) in [5, 5.41) is 10.9. The number of hydrogen-bond acceptors (Lipinski definition) is 3. The third kappa shape index (κ3) is 4.01. The van der Waals surface area contributed by atoms with Crippen LogP contribution in [-0.2, 0) is 4.79 Å². The quantitative estimate of drug-likeness (QED) is 0.287. The van der Waals surface area contributed by atoms with Gasteiger partial charge in [0.1, 0.15) is 0 Å². The van der Waals surface area contributed by atoms with Crippen molar-refractivity contribution in [2.45, 2.75) is 40.0 Å². The van der Waals surface area contributed by atoms with E-state index in [1.54, 1.807) is 0 Å². The van der Waals surface area contributed by atoms with Gasteiger partial charge in [-0.3, -0.25) is 4.79 Å². The van der Waals surface area contributed by atoms with E-state index in [1.165, 1.54) is 0 Å². The van der Waals surface area contributed by atoms with Gasteiger partial charge in [0.15, 0.2) is 6.29 Å². The smallest absolute Gasteiger partial charge is 0.153 e. The van der Waals surface area contributed by atoms with Crippen molar-refractivity contribution in [2.75, 3.05) is 6.54 Å². The van der Waals surface area contributed by atoms with Crippen molar-refractivity contribution in [1.29, 1.82) is 5.41 Å². The highest BCUT2D eigenvalue weighted by atomic mass is 16.1. The highest BCUT2D eigenvalue weighted by molar-refractivity contribution is 6.14. The molecule has 0 radical (unpaired) electrons. The monoisotopic (exact) mass is 222 g/mol. The van der Waals surface area contributed by atoms with E-state index in [0.29, 0.717) is 17.7 Å². The van der Waals surface area contributed by atoms with Gasteiger partial charge in [-0.25, -0.2) is 0 Å². The summed E-state index contributed by atoms with van der Waals surface area (Å²) in [6.45, 7) is 10.6. The van der Waals surface area contributed by atoms with E-state index in [9.17, 15) is 4.79 Å². The molecular weight excluding hydrogens is 200 g/mol. The molecule has 0 aliphatic rings. The minimum Gasteiger partial charge on any atom is -0.384 e. The van der Waals surface area contributed by atoms with E-state index in [1.807, 2.05) is 13.8 Å². The average molecular weight is 222 g/mol. The first-order valence-electron chi connectivity index (χ1n) is 5.81. The van der Waals surface area contributed by atoms with E-state index in [-0.39, 0.29) is 0 Å². The minimum absolute atomic E-state index is 0.364. The maximum atomic E-state index is 11.1. The summed E-state index contributed by atoms with van der Waals surface area (Å²) in [6, 6.07) is 0. The number of hydrogen-bond donors (Lipinski definition) is 2. The van der Waals surface area contributed by atoms with Crippen LogP contribution in [0, 0.1) is 5.41 Å². The van der Waals surface area contributed by atoms with Crippen LogP contribution in [0.5, 0.6) is 0 Å². The molecule has 90 valence electrons. The van der Waals surface area contributed by atoms with Crippen molar-refractivity contribution in [3.05, 3.63) is 23.4 Å². The average Bonchev–Trinajstić information content (AvgIpc) is 2.28.